The molecule has 4 N–H and O–H groups in total. The molecule has 0 radical (unpaired) electrons. The summed E-state index contributed by atoms with van der Waals surface area (Å²) < 4.78 is 11.2. The van der Waals surface area contributed by atoms with Gasteiger partial charge in [-0.2, -0.15) is 0 Å². The van der Waals surface area contributed by atoms with Gasteiger partial charge in [0, 0.05) is 40.4 Å². The minimum Gasteiger partial charge on any atom is -0.508 e. The first-order valence-corrected chi connectivity index (χ1v) is 11.4. The summed E-state index contributed by atoms with van der Waals surface area (Å²) in [5, 5.41) is 24.3. The first-order chi connectivity index (χ1) is 17.1. The van der Waals surface area contributed by atoms with Crippen LogP contribution in [0.3, 0.4) is 0 Å². The number of phenols is 1. The van der Waals surface area contributed by atoms with E-state index in [0.29, 0.717) is 33.1 Å². The standard InChI is InChI=1S/C27H24N2O7/c1-12-14(3)35-23-10-24-18(8-17(12)23)13(2)19(27(34)36-24)9-25(31)29-22(26(32)33)6-15-11-28-21-5-4-16(30)7-20(15)21/h4-5,7-8,10-11,22,28,30H,6,9H2,1-3H3,(H,29,31)(H,32,33)/t22-/m0/s1. The molecule has 0 aliphatic heterocycles. The molecule has 5 rings (SSSR count). The summed E-state index contributed by atoms with van der Waals surface area (Å²) in [5.74, 6) is -1.01. The zero-order chi connectivity index (χ0) is 25.7. The third-order valence-corrected chi connectivity index (χ3v) is 6.73. The predicted octanol–water partition coefficient (Wildman–Crippen LogP) is 4.01. The number of aromatic nitrogens is 1. The van der Waals surface area contributed by atoms with Crippen molar-refractivity contribution in [2.45, 2.75) is 39.7 Å². The van der Waals surface area contributed by atoms with Crippen molar-refractivity contribution in [1.29, 1.82) is 0 Å². The Kier molecular flexibility index (Phi) is 5.55. The van der Waals surface area contributed by atoms with Crippen LogP contribution in [-0.2, 0) is 22.4 Å². The number of H-pyrrole nitrogens is 1. The average molecular weight is 488 g/mol. The Labute approximate surface area is 204 Å². The number of phenolic OH excluding ortho intramolecular Hbond substituents is 1. The van der Waals surface area contributed by atoms with Gasteiger partial charge in [0.05, 0.1) is 12.0 Å². The third-order valence-electron chi connectivity index (χ3n) is 6.73. The zero-order valence-electron chi connectivity index (χ0n) is 19.9. The summed E-state index contributed by atoms with van der Waals surface area (Å²) in [4.78, 5) is 40.5. The van der Waals surface area contributed by atoms with Crippen LogP contribution in [0.5, 0.6) is 5.75 Å². The second kappa shape index (κ2) is 8.60. The van der Waals surface area contributed by atoms with Crippen molar-refractivity contribution in [3.63, 3.8) is 0 Å². The van der Waals surface area contributed by atoms with Gasteiger partial charge in [-0.1, -0.05) is 0 Å². The summed E-state index contributed by atoms with van der Waals surface area (Å²) >= 11 is 0. The molecule has 0 fully saturated rings. The number of aromatic amines is 1. The van der Waals surface area contributed by atoms with Crippen LogP contribution in [0.1, 0.15) is 28.0 Å². The van der Waals surface area contributed by atoms with E-state index >= 15 is 0 Å². The van der Waals surface area contributed by atoms with Gasteiger partial charge in [0.1, 0.15) is 28.7 Å². The van der Waals surface area contributed by atoms with Gasteiger partial charge in [0.15, 0.2) is 0 Å². The maximum atomic E-state index is 12.9. The molecular weight excluding hydrogens is 464 g/mol. The number of aliphatic carboxylic acids is 1. The fourth-order valence-electron chi connectivity index (χ4n) is 4.59. The molecule has 0 spiro atoms. The number of nitrogens with one attached hydrogen (secondary N) is 2. The number of furan rings is 1. The number of carbonyl (C=O) groups excluding carboxylic acids is 1. The normalized spacial score (nSPS) is 12.4. The summed E-state index contributed by atoms with van der Waals surface area (Å²) in [6.07, 6.45) is 1.31. The Balaban J connectivity index is 1.42. The molecule has 0 unspecified atom stereocenters. The van der Waals surface area contributed by atoms with Crippen molar-refractivity contribution >= 4 is 44.7 Å². The third kappa shape index (κ3) is 3.98. The fourth-order valence-corrected chi connectivity index (χ4v) is 4.59. The number of aryl methyl sites for hydroxylation is 3. The van der Waals surface area contributed by atoms with Crippen LogP contribution in [-0.4, -0.2) is 33.1 Å². The van der Waals surface area contributed by atoms with Crippen LogP contribution >= 0.6 is 0 Å². The first kappa shape index (κ1) is 23.2. The summed E-state index contributed by atoms with van der Waals surface area (Å²) in [6.45, 7) is 5.54. The van der Waals surface area contributed by atoms with E-state index in [2.05, 4.69) is 10.3 Å². The molecule has 3 aromatic heterocycles. The summed E-state index contributed by atoms with van der Waals surface area (Å²) in [7, 11) is 0. The Hall–Kier alpha value is -4.53. The number of carbonyl (C=O) groups is 2. The van der Waals surface area contributed by atoms with Gasteiger partial charge >= 0.3 is 11.6 Å². The monoisotopic (exact) mass is 488 g/mol. The molecule has 36 heavy (non-hydrogen) atoms. The largest absolute Gasteiger partial charge is 0.508 e. The molecular formula is C27H24N2O7. The molecule has 3 heterocycles. The Morgan fingerprint density at radius 2 is 1.72 bits per heavy atom. The molecule has 0 aliphatic carbocycles. The van der Waals surface area contributed by atoms with E-state index in [9.17, 15) is 24.6 Å². The molecule has 0 saturated heterocycles. The van der Waals surface area contributed by atoms with E-state index in [1.165, 1.54) is 12.1 Å². The second-order valence-electron chi connectivity index (χ2n) is 9.00. The lowest BCUT2D eigenvalue weighted by molar-refractivity contribution is -0.141. The maximum absolute atomic E-state index is 12.9. The van der Waals surface area contributed by atoms with E-state index in [0.717, 1.165) is 22.2 Å². The number of carboxylic acid groups (broad SMARTS) is 1. The minimum atomic E-state index is -1.23. The van der Waals surface area contributed by atoms with Gasteiger partial charge in [-0.25, -0.2) is 9.59 Å². The van der Waals surface area contributed by atoms with Crippen LogP contribution in [0.2, 0.25) is 0 Å². The van der Waals surface area contributed by atoms with E-state index in [1.807, 2.05) is 19.9 Å². The van der Waals surface area contributed by atoms with Crippen molar-refractivity contribution in [3.8, 4) is 5.75 Å². The summed E-state index contributed by atoms with van der Waals surface area (Å²) in [6, 6.07) is 7.06. The van der Waals surface area contributed by atoms with E-state index in [1.54, 1.807) is 25.3 Å². The molecule has 184 valence electrons. The van der Waals surface area contributed by atoms with Gasteiger partial charge in [-0.3, -0.25) is 4.79 Å². The number of carboxylic acids is 1. The van der Waals surface area contributed by atoms with Gasteiger partial charge in [0.25, 0.3) is 0 Å². The maximum Gasteiger partial charge on any atom is 0.340 e. The number of aromatic hydroxyl groups is 1. The Morgan fingerprint density at radius 1 is 1.00 bits per heavy atom. The van der Waals surface area contributed by atoms with Gasteiger partial charge in [-0.15, -0.1) is 0 Å². The van der Waals surface area contributed by atoms with E-state index in [-0.39, 0.29) is 24.2 Å². The molecule has 0 bridgehead atoms. The topological polar surface area (TPSA) is 146 Å². The highest BCUT2D eigenvalue weighted by Gasteiger charge is 2.24. The highest BCUT2D eigenvalue weighted by Crippen LogP contribution is 2.31. The number of hydrogen-bond donors (Lipinski definition) is 4. The molecule has 0 saturated carbocycles. The SMILES string of the molecule is Cc1oc2cc3oc(=O)c(CC(=O)N[C@@H](Cc4c[nH]c5ccc(O)cc45)C(=O)O)c(C)c3cc2c1C. The smallest absolute Gasteiger partial charge is 0.340 e. The molecule has 9 nitrogen and oxygen atoms in total. The number of fused-ring (bicyclic) bond motifs is 3. The van der Waals surface area contributed by atoms with Crippen molar-refractivity contribution in [3.05, 3.63) is 75.0 Å². The fraction of sp³-hybridized carbons (Fsp3) is 0.222. The van der Waals surface area contributed by atoms with Crippen LogP contribution in [0, 0.1) is 20.8 Å². The minimum absolute atomic E-state index is 0.00701. The number of rotatable bonds is 6. The summed E-state index contributed by atoms with van der Waals surface area (Å²) in [5.41, 5.74) is 3.41. The lowest BCUT2D eigenvalue weighted by Gasteiger charge is -2.15. The van der Waals surface area contributed by atoms with Gasteiger partial charge in [-0.05, 0) is 61.7 Å². The number of amides is 1. The van der Waals surface area contributed by atoms with Crippen LogP contribution in [0.15, 0.2) is 50.2 Å². The Bertz CT molecular complexity index is 1740. The van der Waals surface area contributed by atoms with Crippen molar-refractivity contribution < 1.29 is 28.6 Å². The quantitative estimate of drug-likeness (QED) is 0.264. The highest BCUT2D eigenvalue weighted by molar-refractivity contribution is 5.97. The van der Waals surface area contributed by atoms with E-state index in [4.69, 9.17) is 8.83 Å². The van der Waals surface area contributed by atoms with Gasteiger partial charge in [0.2, 0.25) is 5.91 Å². The van der Waals surface area contributed by atoms with Crippen LogP contribution in [0.25, 0.3) is 32.8 Å². The first-order valence-electron chi connectivity index (χ1n) is 11.4. The van der Waals surface area contributed by atoms with Crippen molar-refractivity contribution in [2.24, 2.45) is 0 Å². The molecule has 2 aromatic carbocycles. The molecule has 1 amide bonds. The second-order valence-corrected chi connectivity index (χ2v) is 9.00. The number of hydrogen-bond acceptors (Lipinski definition) is 6. The molecule has 9 heteroatoms. The molecule has 5 aromatic rings. The van der Waals surface area contributed by atoms with E-state index < -0.39 is 23.5 Å². The van der Waals surface area contributed by atoms with Crippen LogP contribution < -0.4 is 10.9 Å². The van der Waals surface area contributed by atoms with Crippen LogP contribution in [0.4, 0.5) is 0 Å². The average Bonchev–Trinajstić information content (AvgIpc) is 3.34. The van der Waals surface area contributed by atoms with Crippen molar-refractivity contribution in [1.82, 2.24) is 10.3 Å². The number of benzene rings is 2. The van der Waals surface area contributed by atoms with Crippen molar-refractivity contribution in [2.75, 3.05) is 0 Å². The lowest BCUT2D eigenvalue weighted by atomic mass is 10.0. The Morgan fingerprint density at radius 3 is 2.47 bits per heavy atom. The zero-order valence-corrected chi connectivity index (χ0v) is 19.9. The molecule has 0 aliphatic rings. The predicted molar refractivity (Wildman–Crippen MR) is 133 cm³/mol. The highest BCUT2D eigenvalue weighted by atomic mass is 16.4. The lowest BCUT2D eigenvalue weighted by Crippen LogP contribution is -2.43. The molecule has 1 atom stereocenters. The van der Waals surface area contributed by atoms with Gasteiger partial charge < -0.3 is 29.3 Å².